The molecule has 5 heteroatoms. The Balaban J connectivity index is 2.16. The first kappa shape index (κ1) is 16.4. The Labute approximate surface area is 133 Å². The Hall–Kier alpha value is -0.940. The SMILES string of the molecule is CCCC1(C(=O)O)CCN(C(C)c2ccc(F)c(Br)c2)C1. The van der Waals surface area contributed by atoms with Crippen LogP contribution < -0.4 is 0 Å². The molecule has 0 aromatic heterocycles. The number of carboxylic acid groups (broad SMARTS) is 1. The van der Waals surface area contributed by atoms with Gasteiger partial charge in [-0.2, -0.15) is 0 Å². The predicted octanol–water partition coefficient (Wildman–Crippen LogP) is 4.23. The van der Waals surface area contributed by atoms with E-state index in [0.717, 1.165) is 18.5 Å². The molecule has 1 heterocycles. The van der Waals surface area contributed by atoms with Crippen LogP contribution in [0.4, 0.5) is 4.39 Å². The average molecular weight is 358 g/mol. The van der Waals surface area contributed by atoms with Crippen LogP contribution in [-0.4, -0.2) is 29.1 Å². The van der Waals surface area contributed by atoms with Crippen LogP contribution in [0.25, 0.3) is 0 Å². The van der Waals surface area contributed by atoms with E-state index in [1.165, 1.54) is 6.07 Å². The minimum Gasteiger partial charge on any atom is -0.481 e. The summed E-state index contributed by atoms with van der Waals surface area (Å²) in [6, 6.07) is 5.08. The van der Waals surface area contributed by atoms with E-state index in [0.29, 0.717) is 23.9 Å². The smallest absolute Gasteiger partial charge is 0.310 e. The van der Waals surface area contributed by atoms with Crippen molar-refractivity contribution in [3.63, 3.8) is 0 Å². The van der Waals surface area contributed by atoms with Crippen LogP contribution in [0.15, 0.2) is 22.7 Å². The number of halogens is 2. The zero-order chi connectivity index (χ0) is 15.6. The van der Waals surface area contributed by atoms with Gasteiger partial charge in [0.2, 0.25) is 0 Å². The fourth-order valence-corrected chi connectivity index (χ4v) is 3.58. The second-order valence-electron chi connectivity index (χ2n) is 5.91. The number of rotatable bonds is 5. The number of hydrogen-bond acceptors (Lipinski definition) is 2. The van der Waals surface area contributed by atoms with Crippen LogP contribution in [-0.2, 0) is 4.79 Å². The molecule has 3 nitrogen and oxygen atoms in total. The highest BCUT2D eigenvalue weighted by molar-refractivity contribution is 9.10. The number of benzene rings is 1. The Morgan fingerprint density at radius 2 is 2.29 bits per heavy atom. The number of carboxylic acids is 1. The van der Waals surface area contributed by atoms with Crippen LogP contribution in [0.5, 0.6) is 0 Å². The molecule has 1 aliphatic heterocycles. The number of aliphatic carboxylic acids is 1. The van der Waals surface area contributed by atoms with Gasteiger partial charge in [-0.1, -0.05) is 19.4 Å². The molecule has 2 atom stereocenters. The molecule has 1 saturated heterocycles. The number of hydrogen-bond donors (Lipinski definition) is 1. The molecular formula is C16H21BrFNO2. The van der Waals surface area contributed by atoms with E-state index >= 15 is 0 Å². The van der Waals surface area contributed by atoms with Crippen LogP contribution in [0, 0.1) is 11.2 Å². The standard InChI is InChI=1S/C16H21BrFNO2/c1-3-6-16(15(20)21)7-8-19(10-16)11(2)12-4-5-14(18)13(17)9-12/h4-5,9,11H,3,6-8,10H2,1-2H3,(H,20,21). The lowest BCUT2D eigenvalue weighted by molar-refractivity contribution is -0.148. The van der Waals surface area contributed by atoms with Crippen molar-refractivity contribution in [2.45, 2.75) is 39.2 Å². The van der Waals surface area contributed by atoms with Crippen molar-refractivity contribution in [2.75, 3.05) is 13.1 Å². The van der Waals surface area contributed by atoms with Crippen LogP contribution in [0.2, 0.25) is 0 Å². The average Bonchev–Trinajstić information content (AvgIpc) is 2.87. The molecule has 21 heavy (non-hydrogen) atoms. The minimum absolute atomic E-state index is 0.0833. The van der Waals surface area contributed by atoms with Crippen molar-refractivity contribution in [3.8, 4) is 0 Å². The van der Waals surface area contributed by atoms with Gasteiger partial charge in [0.1, 0.15) is 5.82 Å². The molecule has 0 aliphatic carbocycles. The topological polar surface area (TPSA) is 40.5 Å². The van der Waals surface area contributed by atoms with E-state index in [4.69, 9.17) is 0 Å². The van der Waals surface area contributed by atoms with Crippen molar-refractivity contribution in [1.29, 1.82) is 0 Å². The van der Waals surface area contributed by atoms with Gasteiger partial charge in [0.05, 0.1) is 9.89 Å². The van der Waals surface area contributed by atoms with Crippen LogP contribution >= 0.6 is 15.9 Å². The molecule has 1 aromatic carbocycles. The second kappa shape index (κ2) is 6.44. The van der Waals surface area contributed by atoms with E-state index in [-0.39, 0.29) is 11.9 Å². The molecule has 0 radical (unpaired) electrons. The summed E-state index contributed by atoms with van der Waals surface area (Å²) in [7, 11) is 0. The Morgan fingerprint density at radius 1 is 1.57 bits per heavy atom. The minimum atomic E-state index is -0.695. The molecule has 0 saturated carbocycles. The lowest BCUT2D eigenvalue weighted by Crippen LogP contribution is -2.35. The maximum atomic E-state index is 13.3. The molecule has 0 spiro atoms. The van der Waals surface area contributed by atoms with E-state index in [9.17, 15) is 14.3 Å². The summed E-state index contributed by atoms with van der Waals surface area (Å²) >= 11 is 3.21. The van der Waals surface area contributed by atoms with Crippen molar-refractivity contribution in [1.82, 2.24) is 4.90 Å². The highest BCUT2D eigenvalue weighted by Crippen LogP contribution is 2.39. The van der Waals surface area contributed by atoms with Gasteiger partial charge in [-0.3, -0.25) is 9.69 Å². The third-order valence-corrected chi connectivity index (χ3v) is 5.15. The highest BCUT2D eigenvalue weighted by atomic mass is 79.9. The number of carbonyl (C=O) groups is 1. The number of nitrogens with zero attached hydrogens (tertiary/aromatic N) is 1. The molecule has 0 bridgehead atoms. The Bertz CT molecular complexity index is 537. The summed E-state index contributed by atoms with van der Waals surface area (Å²) in [5.74, 6) is -0.974. The summed E-state index contributed by atoms with van der Waals surface area (Å²) < 4.78 is 13.8. The van der Waals surface area contributed by atoms with Gasteiger partial charge in [0, 0.05) is 12.6 Å². The fourth-order valence-electron chi connectivity index (χ4n) is 3.18. The quantitative estimate of drug-likeness (QED) is 0.857. The first-order chi connectivity index (χ1) is 9.89. The van der Waals surface area contributed by atoms with Crippen molar-refractivity contribution in [3.05, 3.63) is 34.1 Å². The molecule has 1 fully saturated rings. The van der Waals surface area contributed by atoms with Crippen molar-refractivity contribution in [2.24, 2.45) is 5.41 Å². The monoisotopic (exact) mass is 357 g/mol. The fraction of sp³-hybridized carbons (Fsp3) is 0.562. The summed E-state index contributed by atoms with van der Waals surface area (Å²) in [5.41, 5.74) is 0.376. The molecule has 2 unspecified atom stereocenters. The third-order valence-electron chi connectivity index (χ3n) is 4.54. The van der Waals surface area contributed by atoms with Crippen LogP contribution in [0.3, 0.4) is 0 Å². The first-order valence-corrected chi connectivity index (χ1v) is 8.11. The summed E-state index contributed by atoms with van der Waals surface area (Å²) in [4.78, 5) is 13.8. The molecular weight excluding hydrogens is 337 g/mol. The van der Waals surface area contributed by atoms with Gasteiger partial charge in [-0.05, 0) is 59.9 Å². The molecule has 2 rings (SSSR count). The number of likely N-dealkylation sites (tertiary alicyclic amines) is 1. The van der Waals surface area contributed by atoms with Gasteiger partial charge in [-0.15, -0.1) is 0 Å². The van der Waals surface area contributed by atoms with Gasteiger partial charge in [0.25, 0.3) is 0 Å². The molecule has 1 aromatic rings. The summed E-state index contributed by atoms with van der Waals surface area (Å²) in [6.45, 7) is 5.40. The predicted molar refractivity (Wildman–Crippen MR) is 83.7 cm³/mol. The van der Waals surface area contributed by atoms with Crippen molar-refractivity contribution < 1.29 is 14.3 Å². The maximum absolute atomic E-state index is 13.3. The van der Waals surface area contributed by atoms with Gasteiger partial charge < -0.3 is 5.11 Å². The lowest BCUT2D eigenvalue weighted by atomic mass is 9.82. The van der Waals surface area contributed by atoms with Gasteiger partial charge >= 0.3 is 5.97 Å². The summed E-state index contributed by atoms with van der Waals surface area (Å²) in [5, 5.41) is 9.56. The molecule has 1 N–H and O–H groups in total. The van der Waals surface area contributed by atoms with Gasteiger partial charge in [0.15, 0.2) is 0 Å². The van der Waals surface area contributed by atoms with Crippen molar-refractivity contribution >= 4 is 21.9 Å². The van der Waals surface area contributed by atoms with Crippen LogP contribution in [0.1, 0.15) is 44.7 Å². The third kappa shape index (κ3) is 3.29. The zero-order valence-electron chi connectivity index (χ0n) is 12.4. The van der Waals surface area contributed by atoms with E-state index < -0.39 is 11.4 Å². The zero-order valence-corrected chi connectivity index (χ0v) is 14.0. The second-order valence-corrected chi connectivity index (χ2v) is 6.76. The van der Waals surface area contributed by atoms with E-state index in [1.807, 2.05) is 13.8 Å². The van der Waals surface area contributed by atoms with E-state index in [1.54, 1.807) is 12.1 Å². The molecule has 1 aliphatic rings. The first-order valence-electron chi connectivity index (χ1n) is 7.32. The summed E-state index contributed by atoms with van der Waals surface area (Å²) in [6.07, 6.45) is 2.26. The molecule has 0 amide bonds. The Morgan fingerprint density at radius 3 is 2.86 bits per heavy atom. The normalized spacial score (nSPS) is 24.2. The lowest BCUT2D eigenvalue weighted by Gasteiger charge is -2.28. The largest absolute Gasteiger partial charge is 0.481 e. The Kier molecular flexibility index (Phi) is 5.04. The van der Waals surface area contributed by atoms with E-state index in [2.05, 4.69) is 20.8 Å². The molecule has 116 valence electrons. The highest BCUT2D eigenvalue weighted by Gasteiger charge is 2.45. The van der Waals surface area contributed by atoms with Gasteiger partial charge in [-0.25, -0.2) is 4.39 Å². The maximum Gasteiger partial charge on any atom is 0.310 e.